The van der Waals surface area contributed by atoms with Crippen molar-refractivity contribution in [2.45, 2.75) is 33.2 Å². The van der Waals surface area contributed by atoms with Crippen LogP contribution < -0.4 is 5.32 Å². The van der Waals surface area contributed by atoms with Crippen molar-refractivity contribution in [1.82, 2.24) is 14.9 Å². The first-order valence-corrected chi connectivity index (χ1v) is 10.5. The molecule has 1 atom stereocenters. The van der Waals surface area contributed by atoms with Gasteiger partial charge in [-0.15, -0.1) is 0 Å². The fourth-order valence-corrected chi connectivity index (χ4v) is 4.02. The molecule has 5 nitrogen and oxygen atoms in total. The van der Waals surface area contributed by atoms with Crippen molar-refractivity contribution >= 4 is 11.6 Å². The summed E-state index contributed by atoms with van der Waals surface area (Å²) in [7, 11) is 0. The van der Waals surface area contributed by atoms with Gasteiger partial charge in [-0.05, 0) is 56.5 Å². The van der Waals surface area contributed by atoms with Crippen molar-refractivity contribution < 1.29 is 4.79 Å². The van der Waals surface area contributed by atoms with E-state index in [-0.39, 0.29) is 11.8 Å². The third-order valence-corrected chi connectivity index (χ3v) is 5.60. The number of likely N-dealkylation sites (tertiary alicyclic amines) is 1. The van der Waals surface area contributed by atoms with Crippen molar-refractivity contribution in [3.63, 3.8) is 0 Å². The lowest BCUT2D eigenvalue weighted by atomic mass is 9.96. The molecule has 2 heterocycles. The van der Waals surface area contributed by atoms with E-state index >= 15 is 0 Å². The normalized spacial score (nSPS) is 16.9. The molecule has 0 saturated carbocycles. The van der Waals surface area contributed by atoms with Crippen LogP contribution in [-0.2, 0) is 11.3 Å². The van der Waals surface area contributed by atoms with Gasteiger partial charge in [0, 0.05) is 36.7 Å². The molecule has 0 radical (unpaired) electrons. The van der Waals surface area contributed by atoms with Gasteiger partial charge in [0.1, 0.15) is 5.82 Å². The van der Waals surface area contributed by atoms with Crippen LogP contribution in [0.15, 0.2) is 60.9 Å². The van der Waals surface area contributed by atoms with E-state index in [4.69, 9.17) is 0 Å². The van der Waals surface area contributed by atoms with Gasteiger partial charge in [0.25, 0.3) is 0 Å². The first-order valence-electron chi connectivity index (χ1n) is 10.5. The van der Waals surface area contributed by atoms with Gasteiger partial charge >= 0.3 is 0 Å². The average molecular weight is 401 g/mol. The lowest BCUT2D eigenvalue weighted by Gasteiger charge is -2.31. The summed E-state index contributed by atoms with van der Waals surface area (Å²) in [5.74, 6) is 0.872. The monoisotopic (exact) mass is 400 g/mol. The van der Waals surface area contributed by atoms with Crippen molar-refractivity contribution in [2.75, 3.05) is 18.4 Å². The summed E-state index contributed by atoms with van der Waals surface area (Å²) in [6, 6.07) is 16.5. The maximum Gasteiger partial charge on any atom is 0.228 e. The fraction of sp³-hybridized carbons (Fsp3) is 0.320. The van der Waals surface area contributed by atoms with Gasteiger partial charge < -0.3 is 5.32 Å². The molecule has 4 rings (SSSR count). The van der Waals surface area contributed by atoms with Crippen molar-refractivity contribution in [2.24, 2.45) is 5.92 Å². The lowest BCUT2D eigenvalue weighted by Crippen LogP contribution is -2.40. The quantitative estimate of drug-likeness (QED) is 0.679. The Morgan fingerprint density at radius 3 is 2.57 bits per heavy atom. The molecule has 1 fully saturated rings. The van der Waals surface area contributed by atoms with Gasteiger partial charge in [0.2, 0.25) is 5.91 Å². The van der Waals surface area contributed by atoms with Crippen LogP contribution in [0.1, 0.15) is 29.8 Å². The second-order valence-corrected chi connectivity index (χ2v) is 8.15. The standard InChI is InChI=1S/C25H28N4O/c1-18-6-3-7-21(12-18)22-8-4-10-24(13-22)28-25(30)23-9-5-11-29(17-23)16-20-14-26-19(2)27-15-20/h3-4,6-8,10,12-15,23H,5,9,11,16-17H2,1-2H3,(H,28,30). The summed E-state index contributed by atoms with van der Waals surface area (Å²) in [6.45, 7) is 6.52. The highest BCUT2D eigenvalue weighted by Gasteiger charge is 2.26. The maximum absolute atomic E-state index is 12.9. The SMILES string of the molecule is Cc1cccc(-c2cccc(NC(=O)C3CCCN(Cc4cnc(C)nc4)C3)c2)c1. The first-order chi connectivity index (χ1) is 14.6. The Bertz CT molecular complexity index is 1020. The number of carbonyl (C=O) groups excluding carboxylic acids is 1. The van der Waals surface area contributed by atoms with Gasteiger partial charge in [0.05, 0.1) is 5.92 Å². The Labute approximate surface area is 178 Å². The number of aromatic nitrogens is 2. The Morgan fingerprint density at radius 1 is 1.07 bits per heavy atom. The number of hydrogen-bond donors (Lipinski definition) is 1. The lowest BCUT2D eigenvalue weighted by molar-refractivity contribution is -0.121. The third kappa shape index (κ3) is 5.10. The van der Waals surface area contributed by atoms with Gasteiger partial charge in [-0.2, -0.15) is 0 Å². The minimum Gasteiger partial charge on any atom is -0.326 e. The van der Waals surface area contributed by atoms with E-state index in [0.717, 1.165) is 60.7 Å². The Balaban J connectivity index is 1.39. The number of hydrogen-bond acceptors (Lipinski definition) is 4. The van der Waals surface area contributed by atoms with Crippen LogP contribution >= 0.6 is 0 Å². The second kappa shape index (κ2) is 9.18. The Morgan fingerprint density at radius 2 is 1.80 bits per heavy atom. The third-order valence-electron chi connectivity index (χ3n) is 5.60. The molecular weight excluding hydrogens is 372 g/mol. The largest absolute Gasteiger partial charge is 0.326 e. The molecule has 1 unspecified atom stereocenters. The molecule has 1 saturated heterocycles. The highest BCUT2D eigenvalue weighted by molar-refractivity contribution is 5.93. The van der Waals surface area contributed by atoms with Crippen molar-refractivity contribution in [3.8, 4) is 11.1 Å². The van der Waals surface area contributed by atoms with Crippen molar-refractivity contribution in [1.29, 1.82) is 0 Å². The molecule has 0 aliphatic carbocycles. The molecule has 1 aliphatic rings. The Hall–Kier alpha value is -3.05. The zero-order chi connectivity index (χ0) is 20.9. The number of nitrogens with zero attached hydrogens (tertiary/aromatic N) is 3. The van der Waals surface area contributed by atoms with Crippen LogP contribution in [0.2, 0.25) is 0 Å². The zero-order valence-electron chi connectivity index (χ0n) is 17.6. The average Bonchev–Trinajstić information content (AvgIpc) is 2.76. The smallest absolute Gasteiger partial charge is 0.228 e. The van der Waals surface area contributed by atoms with E-state index < -0.39 is 0 Å². The fourth-order valence-electron chi connectivity index (χ4n) is 4.02. The summed E-state index contributed by atoms with van der Waals surface area (Å²) >= 11 is 0. The minimum atomic E-state index is -0.00672. The molecular formula is C25H28N4O. The van der Waals surface area contributed by atoms with Crippen LogP contribution in [-0.4, -0.2) is 33.9 Å². The van der Waals surface area contributed by atoms with E-state index in [1.165, 1.54) is 5.56 Å². The molecule has 1 amide bonds. The molecule has 0 bridgehead atoms. The minimum absolute atomic E-state index is 0.00672. The molecule has 2 aromatic carbocycles. The highest BCUT2D eigenvalue weighted by Crippen LogP contribution is 2.25. The van der Waals surface area contributed by atoms with E-state index in [0.29, 0.717) is 0 Å². The summed E-state index contributed by atoms with van der Waals surface area (Å²) in [5, 5.41) is 3.14. The number of carbonyl (C=O) groups is 1. The zero-order valence-corrected chi connectivity index (χ0v) is 17.6. The molecule has 1 aromatic heterocycles. The number of anilines is 1. The number of piperidine rings is 1. The van der Waals surface area contributed by atoms with Gasteiger partial charge in [-0.1, -0.05) is 42.0 Å². The molecule has 3 aromatic rings. The topological polar surface area (TPSA) is 58.1 Å². The van der Waals surface area contributed by atoms with E-state index in [2.05, 4.69) is 63.5 Å². The number of benzene rings is 2. The van der Waals surface area contributed by atoms with Crippen LogP contribution in [0, 0.1) is 19.8 Å². The highest BCUT2D eigenvalue weighted by atomic mass is 16.1. The predicted molar refractivity (Wildman–Crippen MR) is 120 cm³/mol. The van der Waals surface area contributed by atoms with Crippen molar-refractivity contribution in [3.05, 3.63) is 77.9 Å². The van der Waals surface area contributed by atoms with E-state index in [9.17, 15) is 4.79 Å². The second-order valence-electron chi connectivity index (χ2n) is 8.15. The Kier molecular flexibility index (Phi) is 6.19. The van der Waals surface area contributed by atoms with Gasteiger partial charge in [-0.3, -0.25) is 9.69 Å². The van der Waals surface area contributed by atoms with Crippen LogP contribution in [0.5, 0.6) is 0 Å². The van der Waals surface area contributed by atoms with Crippen LogP contribution in [0.25, 0.3) is 11.1 Å². The van der Waals surface area contributed by atoms with E-state index in [1.807, 2.05) is 31.5 Å². The van der Waals surface area contributed by atoms with Gasteiger partial charge in [0.15, 0.2) is 0 Å². The summed E-state index contributed by atoms with van der Waals surface area (Å²) in [6.07, 6.45) is 5.70. The molecule has 0 spiro atoms. The maximum atomic E-state index is 12.9. The number of rotatable bonds is 5. The first kappa shape index (κ1) is 20.2. The van der Waals surface area contributed by atoms with Crippen LogP contribution in [0.4, 0.5) is 5.69 Å². The molecule has 154 valence electrons. The number of nitrogens with one attached hydrogen (secondary N) is 1. The number of amides is 1. The van der Waals surface area contributed by atoms with E-state index in [1.54, 1.807) is 0 Å². The molecule has 5 heteroatoms. The molecule has 1 aliphatic heterocycles. The summed E-state index contributed by atoms with van der Waals surface area (Å²) in [4.78, 5) is 23.8. The summed E-state index contributed by atoms with van der Waals surface area (Å²) < 4.78 is 0. The van der Waals surface area contributed by atoms with Crippen LogP contribution in [0.3, 0.4) is 0 Å². The summed E-state index contributed by atoms with van der Waals surface area (Å²) in [5.41, 5.74) is 5.44. The predicted octanol–water partition coefficient (Wildman–Crippen LogP) is 4.61. The molecule has 30 heavy (non-hydrogen) atoms. The number of aryl methyl sites for hydroxylation is 2. The molecule has 1 N–H and O–H groups in total. The van der Waals surface area contributed by atoms with Gasteiger partial charge in [-0.25, -0.2) is 9.97 Å².